The number of carbonyl (C=O) groups is 1. The quantitative estimate of drug-likeness (QED) is 0.875. The van der Waals surface area contributed by atoms with E-state index in [1.807, 2.05) is 0 Å². The van der Waals surface area contributed by atoms with Gasteiger partial charge in [-0.15, -0.1) is 13.2 Å². The van der Waals surface area contributed by atoms with Crippen LogP contribution in [0.3, 0.4) is 0 Å². The summed E-state index contributed by atoms with van der Waals surface area (Å²) in [6, 6.07) is 5.59. The van der Waals surface area contributed by atoms with Crippen LogP contribution in [0.15, 0.2) is 24.3 Å². The van der Waals surface area contributed by atoms with Crippen molar-refractivity contribution in [3.8, 4) is 5.75 Å². The van der Waals surface area contributed by atoms with E-state index in [2.05, 4.69) is 4.74 Å². The minimum absolute atomic E-state index is 0.0657. The maximum absolute atomic E-state index is 12.3. The Balaban J connectivity index is 2.92. The molecule has 0 spiro atoms. The average molecular weight is 291 g/mol. The Morgan fingerprint density at radius 2 is 1.95 bits per heavy atom. The zero-order chi connectivity index (χ0) is 15.3. The highest BCUT2D eigenvalue weighted by molar-refractivity contribution is 5.69. The third-order valence-electron chi connectivity index (χ3n) is 2.64. The molecular formula is C13H16F3NO3. The van der Waals surface area contributed by atoms with Crippen LogP contribution in [0.5, 0.6) is 5.75 Å². The molecule has 1 rings (SSSR count). The van der Waals surface area contributed by atoms with Gasteiger partial charge in [0.2, 0.25) is 0 Å². The number of rotatable bonds is 6. The van der Waals surface area contributed by atoms with Crippen LogP contribution in [-0.2, 0) is 11.3 Å². The van der Waals surface area contributed by atoms with Gasteiger partial charge in [-0.2, -0.15) is 0 Å². The molecule has 1 aromatic rings. The summed E-state index contributed by atoms with van der Waals surface area (Å²) in [5, 5.41) is 8.81. The first-order chi connectivity index (χ1) is 9.19. The van der Waals surface area contributed by atoms with Crippen LogP contribution in [0.1, 0.15) is 19.4 Å². The molecule has 20 heavy (non-hydrogen) atoms. The fraction of sp³-hybridized carbons (Fsp3) is 0.462. The molecule has 4 nitrogen and oxygen atoms in total. The molecular weight excluding hydrogens is 275 g/mol. The molecule has 0 saturated carbocycles. The first-order valence-electron chi connectivity index (χ1n) is 5.98. The number of carboxylic acid groups (broad SMARTS) is 1. The number of halogens is 3. The maximum Gasteiger partial charge on any atom is 0.573 e. The van der Waals surface area contributed by atoms with Crippen LogP contribution < -0.4 is 4.74 Å². The molecule has 0 aliphatic heterocycles. The molecule has 0 fully saturated rings. The standard InChI is InChI=1S/C13H16F3NO3/c1-9(2)17(8-12(18)19)7-10-5-3-4-6-11(10)20-13(14,15)16/h3-6,9H,7-8H2,1-2H3,(H,18,19). The van der Waals surface area contributed by atoms with E-state index in [0.717, 1.165) is 0 Å². The second-order valence-corrected chi connectivity index (χ2v) is 4.55. The van der Waals surface area contributed by atoms with E-state index in [9.17, 15) is 18.0 Å². The van der Waals surface area contributed by atoms with Gasteiger partial charge in [0.25, 0.3) is 0 Å². The zero-order valence-electron chi connectivity index (χ0n) is 11.1. The molecule has 0 aliphatic rings. The number of hydrogen-bond acceptors (Lipinski definition) is 3. The molecule has 0 bridgehead atoms. The Morgan fingerprint density at radius 1 is 1.35 bits per heavy atom. The van der Waals surface area contributed by atoms with Crippen molar-refractivity contribution in [1.82, 2.24) is 4.90 Å². The number of hydrogen-bond donors (Lipinski definition) is 1. The summed E-state index contributed by atoms with van der Waals surface area (Å²) in [6.07, 6.45) is -4.77. The number of nitrogens with zero attached hydrogens (tertiary/aromatic N) is 1. The molecule has 0 unspecified atom stereocenters. The van der Waals surface area contributed by atoms with E-state index in [1.165, 1.54) is 18.2 Å². The van der Waals surface area contributed by atoms with Crippen molar-refractivity contribution in [3.05, 3.63) is 29.8 Å². The van der Waals surface area contributed by atoms with E-state index >= 15 is 0 Å². The highest BCUT2D eigenvalue weighted by Gasteiger charge is 2.32. The molecule has 1 N–H and O–H groups in total. The van der Waals surface area contributed by atoms with Gasteiger partial charge in [-0.25, -0.2) is 0 Å². The maximum atomic E-state index is 12.3. The Kier molecular flexibility index (Phi) is 5.38. The van der Waals surface area contributed by atoms with Gasteiger partial charge in [0.1, 0.15) is 5.75 Å². The topological polar surface area (TPSA) is 49.8 Å². The van der Waals surface area contributed by atoms with Gasteiger partial charge < -0.3 is 9.84 Å². The lowest BCUT2D eigenvalue weighted by molar-refractivity contribution is -0.275. The van der Waals surface area contributed by atoms with Crippen molar-refractivity contribution >= 4 is 5.97 Å². The van der Waals surface area contributed by atoms with E-state index in [-0.39, 0.29) is 24.9 Å². The summed E-state index contributed by atoms with van der Waals surface area (Å²) in [5.74, 6) is -1.34. The normalized spacial score (nSPS) is 11.9. The number of para-hydroxylation sites is 1. The molecule has 0 aromatic heterocycles. The van der Waals surface area contributed by atoms with Crippen molar-refractivity contribution in [2.45, 2.75) is 32.8 Å². The zero-order valence-corrected chi connectivity index (χ0v) is 11.1. The fourth-order valence-corrected chi connectivity index (χ4v) is 1.67. The van der Waals surface area contributed by atoms with E-state index in [0.29, 0.717) is 5.56 Å². The smallest absolute Gasteiger partial charge is 0.480 e. The molecule has 112 valence electrons. The fourth-order valence-electron chi connectivity index (χ4n) is 1.67. The molecule has 0 saturated heterocycles. The summed E-state index contributed by atoms with van der Waals surface area (Å²) in [4.78, 5) is 12.3. The summed E-state index contributed by atoms with van der Waals surface area (Å²) >= 11 is 0. The summed E-state index contributed by atoms with van der Waals surface area (Å²) in [6.45, 7) is 3.36. The van der Waals surface area contributed by atoms with Crippen molar-refractivity contribution < 1.29 is 27.8 Å². The molecule has 0 aliphatic carbocycles. The summed E-state index contributed by atoms with van der Waals surface area (Å²) in [5.41, 5.74) is 0.291. The second kappa shape index (κ2) is 6.60. The van der Waals surface area contributed by atoms with Crippen LogP contribution in [0.4, 0.5) is 13.2 Å². The highest BCUT2D eigenvalue weighted by atomic mass is 19.4. The molecule has 0 amide bonds. The minimum atomic E-state index is -4.77. The number of benzene rings is 1. The molecule has 7 heteroatoms. The Bertz CT molecular complexity index is 460. The van der Waals surface area contributed by atoms with Gasteiger partial charge in [-0.3, -0.25) is 9.69 Å². The largest absolute Gasteiger partial charge is 0.573 e. The van der Waals surface area contributed by atoms with Gasteiger partial charge in [-0.05, 0) is 19.9 Å². The Labute approximate surface area is 114 Å². The lowest BCUT2D eigenvalue weighted by Gasteiger charge is -2.25. The lowest BCUT2D eigenvalue weighted by Crippen LogP contribution is -2.35. The minimum Gasteiger partial charge on any atom is -0.480 e. The first kappa shape index (κ1) is 16.3. The van der Waals surface area contributed by atoms with Gasteiger partial charge in [0, 0.05) is 18.2 Å². The molecule has 1 aromatic carbocycles. The summed E-state index contributed by atoms with van der Waals surface area (Å²) in [7, 11) is 0. The highest BCUT2D eigenvalue weighted by Crippen LogP contribution is 2.27. The van der Waals surface area contributed by atoms with Crippen LogP contribution in [-0.4, -0.2) is 34.9 Å². The monoisotopic (exact) mass is 291 g/mol. The van der Waals surface area contributed by atoms with Crippen molar-refractivity contribution in [2.24, 2.45) is 0 Å². The van der Waals surface area contributed by atoms with Gasteiger partial charge >= 0.3 is 12.3 Å². The van der Waals surface area contributed by atoms with Crippen LogP contribution in [0.25, 0.3) is 0 Å². The number of alkyl halides is 3. The van der Waals surface area contributed by atoms with Crippen LogP contribution in [0, 0.1) is 0 Å². The molecule has 0 atom stereocenters. The van der Waals surface area contributed by atoms with Crippen molar-refractivity contribution in [1.29, 1.82) is 0 Å². The second-order valence-electron chi connectivity index (χ2n) is 4.55. The third-order valence-corrected chi connectivity index (χ3v) is 2.64. The Hall–Kier alpha value is -1.76. The average Bonchev–Trinajstić information content (AvgIpc) is 2.28. The third kappa shape index (κ3) is 5.48. The number of carboxylic acids is 1. The summed E-state index contributed by atoms with van der Waals surface area (Å²) < 4.78 is 40.8. The molecule has 0 heterocycles. The predicted molar refractivity (Wildman–Crippen MR) is 66.3 cm³/mol. The number of aliphatic carboxylic acids is 1. The van der Waals surface area contributed by atoms with E-state index in [1.54, 1.807) is 24.8 Å². The molecule has 0 radical (unpaired) electrons. The van der Waals surface area contributed by atoms with Gasteiger partial charge in [0.05, 0.1) is 6.54 Å². The van der Waals surface area contributed by atoms with E-state index < -0.39 is 12.3 Å². The van der Waals surface area contributed by atoms with Gasteiger partial charge in [-0.1, -0.05) is 18.2 Å². The van der Waals surface area contributed by atoms with Crippen molar-refractivity contribution in [2.75, 3.05) is 6.54 Å². The Morgan fingerprint density at radius 3 is 2.45 bits per heavy atom. The first-order valence-corrected chi connectivity index (χ1v) is 5.98. The predicted octanol–water partition coefficient (Wildman–Crippen LogP) is 2.88. The number of ether oxygens (including phenoxy) is 1. The SMILES string of the molecule is CC(C)N(CC(=O)O)Cc1ccccc1OC(F)(F)F. The van der Waals surface area contributed by atoms with Crippen LogP contribution >= 0.6 is 0 Å². The van der Waals surface area contributed by atoms with Crippen molar-refractivity contribution in [3.63, 3.8) is 0 Å². The van der Waals surface area contributed by atoms with E-state index in [4.69, 9.17) is 5.11 Å². The van der Waals surface area contributed by atoms with Gasteiger partial charge in [0.15, 0.2) is 0 Å². The lowest BCUT2D eigenvalue weighted by atomic mass is 10.1. The van der Waals surface area contributed by atoms with Crippen LogP contribution in [0.2, 0.25) is 0 Å².